The Morgan fingerprint density at radius 2 is 1.82 bits per heavy atom. The summed E-state index contributed by atoms with van der Waals surface area (Å²) >= 11 is 0. The summed E-state index contributed by atoms with van der Waals surface area (Å²) in [5.41, 5.74) is -0.0431. The van der Waals surface area contributed by atoms with Gasteiger partial charge in [0.1, 0.15) is 5.71 Å². The van der Waals surface area contributed by atoms with Crippen LogP contribution in [-0.4, -0.2) is 17.6 Å². The molecule has 4 heteroatoms. The maximum atomic E-state index is 11.0. The van der Waals surface area contributed by atoms with Crippen LogP contribution >= 0.6 is 0 Å². The Bertz CT molecular complexity index is 248. The van der Waals surface area contributed by atoms with Gasteiger partial charge in [-0.1, -0.05) is 20.8 Å². The summed E-state index contributed by atoms with van der Waals surface area (Å²) in [6.45, 7) is 5.51. The van der Waals surface area contributed by atoms with Crippen LogP contribution in [0.5, 0.6) is 0 Å². The van der Waals surface area contributed by atoms with Crippen molar-refractivity contribution in [3.05, 3.63) is 0 Å². The van der Waals surface area contributed by atoms with Crippen molar-refractivity contribution < 1.29 is 9.59 Å². The lowest BCUT2D eigenvalue weighted by atomic mass is 9.90. The van der Waals surface area contributed by atoms with E-state index in [0.29, 0.717) is 5.71 Å². The van der Waals surface area contributed by atoms with Gasteiger partial charge in [0.2, 0.25) is 0 Å². The SMILES string of the molecule is CC(C)(C)C1=NC(=O)NC1=O. The molecule has 0 aromatic heterocycles. The van der Waals surface area contributed by atoms with Gasteiger partial charge in [-0.3, -0.25) is 10.1 Å². The predicted octanol–water partition coefficient (Wildman–Crippen LogP) is 0.723. The van der Waals surface area contributed by atoms with Crippen molar-refractivity contribution in [1.29, 1.82) is 0 Å². The molecule has 4 nitrogen and oxygen atoms in total. The van der Waals surface area contributed by atoms with Gasteiger partial charge in [0, 0.05) is 5.41 Å². The molecule has 0 aliphatic carbocycles. The molecular weight excluding hydrogens is 144 g/mol. The summed E-state index contributed by atoms with van der Waals surface area (Å²) < 4.78 is 0. The molecule has 1 aliphatic heterocycles. The van der Waals surface area contributed by atoms with Gasteiger partial charge in [-0.15, -0.1) is 0 Å². The standard InChI is InChI=1S/C7H10N2O2/c1-7(2,3)4-5(10)9-6(11)8-4/h1-3H3,(H,9,10,11). The van der Waals surface area contributed by atoms with Crippen molar-refractivity contribution in [2.45, 2.75) is 20.8 Å². The molecule has 1 N–H and O–H groups in total. The van der Waals surface area contributed by atoms with Crippen LogP contribution in [0.2, 0.25) is 0 Å². The van der Waals surface area contributed by atoms with E-state index < -0.39 is 6.03 Å². The Balaban J connectivity index is 2.97. The lowest BCUT2D eigenvalue weighted by Gasteiger charge is -2.14. The molecule has 0 aromatic carbocycles. The first-order valence-corrected chi connectivity index (χ1v) is 3.36. The molecule has 0 radical (unpaired) electrons. The first-order chi connectivity index (χ1) is 4.91. The second-order valence-electron chi connectivity index (χ2n) is 3.47. The highest BCUT2D eigenvalue weighted by Crippen LogP contribution is 2.18. The zero-order valence-corrected chi connectivity index (χ0v) is 6.76. The molecular formula is C7H10N2O2. The third kappa shape index (κ3) is 1.45. The Morgan fingerprint density at radius 3 is 2.00 bits per heavy atom. The lowest BCUT2D eigenvalue weighted by Crippen LogP contribution is -2.32. The fraction of sp³-hybridized carbons (Fsp3) is 0.571. The van der Waals surface area contributed by atoms with Gasteiger partial charge in [-0.2, -0.15) is 4.99 Å². The molecule has 0 aromatic rings. The summed E-state index contributed by atoms with van der Waals surface area (Å²) in [5.74, 6) is -0.373. The number of nitrogens with one attached hydrogen (secondary N) is 1. The van der Waals surface area contributed by atoms with Crippen LogP contribution in [0.25, 0.3) is 0 Å². The largest absolute Gasteiger partial charge is 0.348 e. The third-order valence-corrected chi connectivity index (χ3v) is 1.36. The minimum atomic E-state index is -0.556. The third-order valence-electron chi connectivity index (χ3n) is 1.36. The van der Waals surface area contributed by atoms with E-state index in [4.69, 9.17) is 0 Å². The van der Waals surface area contributed by atoms with Gasteiger partial charge in [-0.25, -0.2) is 4.79 Å². The first-order valence-electron chi connectivity index (χ1n) is 3.36. The highest BCUT2D eigenvalue weighted by Gasteiger charge is 2.32. The number of imide groups is 1. The van der Waals surface area contributed by atoms with Crippen LogP contribution in [0.15, 0.2) is 4.99 Å². The second kappa shape index (κ2) is 2.15. The Labute approximate surface area is 64.7 Å². The van der Waals surface area contributed by atoms with E-state index in [-0.39, 0.29) is 11.3 Å². The normalized spacial score (nSPS) is 18.3. The van der Waals surface area contributed by atoms with Gasteiger partial charge in [0.05, 0.1) is 0 Å². The number of urea groups is 1. The van der Waals surface area contributed by atoms with E-state index in [0.717, 1.165) is 0 Å². The molecule has 60 valence electrons. The average molecular weight is 154 g/mol. The number of carbonyl (C=O) groups is 2. The zero-order chi connectivity index (χ0) is 8.65. The number of hydrogen-bond donors (Lipinski definition) is 1. The number of hydrogen-bond acceptors (Lipinski definition) is 2. The van der Waals surface area contributed by atoms with Crippen molar-refractivity contribution in [2.75, 3.05) is 0 Å². The van der Waals surface area contributed by atoms with Gasteiger partial charge < -0.3 is 0 Å². The van der Waals surface area contributed by atoms with Gasteiger partial charge >= 0.3 is 6.03 Å². The Morgan fingerprint density at radius 1 is 1.27 bits per heavy atom. The lowest BCUT2D eigenvalue weighted by molar-refractivity contribution is -0.113. The summed E-state index contributed by atoms with van der Waals surface area (Å²) in [7, 11) is 0. The molecule has 0 atom stereocenters. The van der Waals surface area contributed by atoms with E-state index in [9.17, 15) is 9.59 Å². The van der Waals surface area contributed by atoms with Crippen molar-refractivity contribution in [3.8, 4) is 0 Å². The van der Waals surface area contributed by atoms with E-state index in [1.165, 1.54) is 0 Å². The minimum absolute atomic E-state index is 0.308. The molecule has 11 heavy (non-hydrogen) atoms. The molecule has 1 aliphatic rings. The number of rotatable bonds is 0. The molecule has 0 unspecified atom stereocenters. The Hall–Kier alpha value is -1.19. The number of amides is 3. The average Bonchev–Trinajstić information content (AvgIpc) is 2.08. The maximum Gasteiger partial charge on any atom is 0.348 e. The smallest absolute Gasteiger partial charge is 0.271 e. The first kappa shape index (κ1) is 7.91. The predicted molar refractivity (Wildman–Crippen MR) is 40.4 cm³/mol. The highest BCUT2D eigenvalue weighted by molar-refractivity contribution is 6.47. The van der Waals surface area contributed by atoms with Crippen LogP contribution in [0.3, 0.4) is 0 Å². The quantitative estimate of drug-likeness (QED) is 0.559. The summed E-state index contributed by atoms with van der Waals surface area (Å²) in [6.07, 6.45) is 0. The summed E-state index contributed by atoms with van der Waals surface area (Å²) in [4.78, 5) is 25.1. The summed E-state index contributed by atoms with van der Waals surface area (Å²) in [5, 5.41) is 2.09. The maximum absolute atomic E-state index is 11.0. The number of nitrogens with zero attached hydrogens (tertiary/aromatic N) is 1. The monoisotopic (exact) mass is 154 g/mol. The minimum Gasteiger partial charge on any atom is -0.271 e. The van der Waals surface area contributed by atoms with Crippen LogP contribution in [-0.2, 0) is 4.79 Å². The van der Waals surface area contributed by atoms with Crippen LogP contribution in [0.1, 0.15) is 20.8 Å². The topological polar surface area (TPSA) is 58.5 Å². The van der Waals surface area contributed by atoms with E-state index in [1.807, 2.05) is 20.8 Å². The fourth-order valence-electron chi connectivity index (χ4n) is 0.845. The van der Waals surface area contributed by atoms with Crippen molar-refractivity contribution in [1.82, 2.24) is 5.32 Å². The zero-order valence-electron chi connectivity index (χ0n) is 6.76. The molecule has 0 bridgehead atoms. The number of aliphatic imine (C=N–C) groups is 1. The van der Waals surface area contributed by atoms with Gasteiger partial charge in [0.25, 0.3) is 5.91 Å². The van der Waals surface area contributed by atoms with Gasteiger partial charge in [0.15, 0.2) is 0 Å². The van der Waals surface area contributed by atoms with Crippen molar-refractivity contribution in [2.24, 2.45) is 10.4 Å². The van der Waals surface area contributed by atoms with Crippen LogP contribution in [0.4, 0.5) is 4.79 Å². The van der Waals surface area contributed by atoms with Crippen LogP contribution in [0, 0.1) is 5.41 Å². The van der Waals surface area contributed by atoms with Gasteiger partial charge in [-0.05, 0) is 0 Å². The van der Waals surface area contributed by atoms with E-state index in [2.05, 4.69) is 10.3 Å². The fourth-order valence-corrected chi connectivity index (χ4v) is 0.845. The Kier molecular flexibility index (Phi) is 1.55. The van der Waals surface area contributed by atoms with Crippen molar-refractivity contribution >= 4 is 17.6 Å². The molecule has 0 saturated carbocycles. The second-order valence-corrected chi connectivity index (χ2v) is 3.47. The molecule has 0 saturated heterocycles. The van der Waals surface area contributed by atoms with Crippen molar-refractivity contribution in [3.63, 3.8) is 0 Å². The number of carbonyl (C=O) groups excluding carboxylic acids is 2. The molecule has 1 heterocycles. The molecule has 3 amide bonds. The van der Waals surface area contributed by atoms with Crippen LogP contribution < -0.4 is 5.32 Å². The van der Waals surface area contributed by atoms with E-state index in [1.54, 1.807) is 0 Å². The molecule has 1 rings (SSSR count). The molecule has 0 spiro atoms. The molecule has 0 fully saturated rings. The highest BCUT2D eigenvalue weighted by atomic mass is 16.2. The summed E-state index contributed by atoms with van der Waals surface area (Å²) in [6, 6.07) is -0.556. The van der Waals surface area contributed by atoms with E-state index >= 15 is 0 Å².